The summed E-state index contributed by atoms with van der Waals surface area (Å²) in [6.07, 6.45) is 2.25. The number of hydrogen-bond acceptors (Lipinski definition) is 3. The van der Waals surface area contributed by atoms with Gasteiger partial charge in [-0.2, -0.15) is 0 Å². The molecule has 128 valence electrons. The molecule has 0 saturated carbocycles. The van der Waals surface area contributed by atoms with Crippen LogP contribution in [0.25, 0.3) is 0 Å². The van der Waals surface area contributed by atoms with Crippen LogP contribution in [-0.2, 0) is 0 Å². The minimum atomic E-state index is 0.408. The van der Waals surface area contributed by atoms with E-state index < -0.39 is 0 Å². The second kappa shape index (κ2) is 8.65. The van der Waals surface area contributed by atoms with Crippen LogP contribution in [-0.4, -0.2) is 45.8 Å². The van der Waals surface area contributed by atoms with Crippen LogP contribution in [0.1, 0.15) is 26.7 Å². The Balaban J connectivity index is 1.87. The molecule has 0 bridgehead atoms. The van der Waals surface area contributed by atoms with Gasteiger partial charge >= 0.3 is 0 Å². The number of ether oxygens (including phenoxy) is 1. The lowest BCUT2D eigenvalue weighted by atomic mass is 10.1. The van der Waals surface area contributed by atoms with Gasteiger partial charge in [0.15, 0.2) is 5.96 Å². The summed E-state index contributed by atoms with van der Waals surface area (Å²) in [6, 6.07) is 8.61. The Hall–Kier alpha value is -1.91. The van der Waals surface area contributed by atoms with E-state index in [2.05, 4.69) is 46.5 Å². The number of anilines is 1. The van der Waals surface area contributed by atoms with Crippen LogP contribution in [0.3, 0.4) is 0 Å². The van der Waals surface area contributed by atoms with Crippen LogP contribution in [0, 0.1) is 5.92 Å². The molecule has 1 atom stereocenters. The summed E-state index contributed by atoms with van der Waals surface area (Å²) < 4.78 is 5.47. The third kappa shape index (κ3) is 5.05. The van der Waals surface area contributed by atoms with Crippen LogP contribution in [0.2, 0.25) is 0 Å². The van der Waals surface area contributed by atoms with Crippen molar-refractivity contribution >= 4 is 11.6 Å². The molecule has 1 saturated heterocycles. The van der Waals surface area contributed by atoms with Gasteiger partial charge in [0.2, 0.25) is 0 Å². The molecular formula is C18H30N4O. The highest BCUT2D eigenvalue weighted by Gasteiger charge is 2.25. The number of guanidine groups is 1. The van der Waals surface area contributed by atoms with Gasteiger partial charge in [0, 0.05) is 32.7 Å². The molecule has 0 amide bonds. The van der Waals surface area contributed by atoms with Gasteiger partial charge in [-0.05, 0) is 30.9 Å². The highest BCUT2D eigenvalue weighted by molar-refractivity contribution is 5.80. The summed E-state index contributed by atoms with van der Waals surface area (Å²) in [5, 5.41) is 6.93. The quantitative estimate of drug-likeness (QED) is 0.625. The van der Waals surface area contributed by atoms with E-state index in [9.17, 15) is 0 Å². The SMILES string of the molecule is CN=C(NCCC(C)C)NC1CCN(c2ccccc2OC)C1. The van der Waals surface area contributed by atoms with Crippen LogP contribution < -0.4 is 20.3 Å². The fourth-order valence-corrected chi connectivity index (χ4v) is 2.86. The number of hydrogen-bond donors (Lipinski definition) is 2. The zero-order valence-electron chi connectivity index (χ0n) is 14.8. The van der Waals surface area contributed by atoms with E-state index in [-0.39, 0.29) is 0 Å². The van der Waals surface area contributed by atoms with Crippen LogP contribution in [0.4, 0.5) is 5.69 Å². The molecule has 23 heavy (non-hydrogen) atoms. The molecule has 0 aromatic heterocycles. The second-order valence-corrected chi connectivity index (χ2v) is 6.43. The largest absolute Gasteiger partial charge is 0.495 e. The van der Waals surface area contributed by atoms with E-state index >= 15 is 0 Å². The minimum Gasteiger partial charge on any atom is -0.495 e. The summed E-state index contributed by atoms with van der Waals surface area (Å²) in [5.41, 5.74) is 1.17. The Bertz CT molecular complexity index is 515. The Morgan fingerprint density at radius 3 is 2.87 bits per heavy atom. The van der Waals surface area contributed by atoms with Crippen LogP contribution in [0.15, 0.2) is 29.3 Å². The molecule has 1 unspecified atom stereocenters. The van der Waals surface area contributed by atoms with Crippen LogP contribution in [0.5, 0.6) is 5.75 Å². The molecule has 1 aliphatic heterocycles. The molecule has 5 heteroatoms. The Kier molecular flexibility index (Phi) is 6.56. The van der Waals surface area contributed by atoms with Crippen LogP contribution >= 0.6 is 0 Å². The van der Waals surface area contributed by atoms with E-state index in [1.807, 2.05) is 19.2 Å². The van der Waals surface area contributed by atoms with Crippen molar-refractivity contribution in [1.29, 1.82) is 0 Å². The Labute approximate surface area is 140 Å². The summed E-state index contributed by atoms with van der Waals surface area (Å²) >= 11 is 0. The van der Waals surface area contributed by atoms with Crippen molar-refractivity contribution in [1.82, 2.24) is 10.6 Å². The lowest BCUT2D eigenvalue weighted by Crippen LogP contribution is -2.45. The molecule has 1 aliphatic rings. The summed E-state index contributed by atoms with van der Waals surface area (Å²) in [4.78, 5) is 6.70. The average Bonchev–Trinajstić information content (AvgIpc) is 3.01. The van der Waals surface area contributed by atoms with E-state index in [1.54, 1.807) is 7.11 Å². The van der Waals surface area contributed by atoms with Gasteiger partial charge in [-0.25, -0.2) is 0 Å². The highest BCUT2D eigenvalue weighted by atomic mass is 16.5. The normalized spacial score (nSPS) is 18.4. The fraction of sp³-hybridized carbons (Fsp3) is 0.611. The number of rotatable bonds is 6. The fourth-order valence-electron chi connectivity index (χ4n) is 2.86. The molecule has 1 fully saturated rings. The number of methoxy groups -OCH3 is 1. The zero-order valence-corrected chi connectivity index (χ0v) is 14.8. The van der Waals surface area contributed by atoms with E-state index in [1.165, 1.54) is 5.69 Å². The highest BCUT2D eigenvalue weighted by Crippen LogP contribution is 2.30. The predicted molar refractivity (Wildman–Crippen MR) is 97.6 cm³/mol. The van der Waals surface area contributed by atoms with Gasteiger partial charge in [0.25, 0.3) is 0 Å². The standard InChI is InChI=1S/C18H30N4O/c1-14(2)9-11-20-18(19-3)21-15-10-12-22(13-15)16-7-5-6-8-17(16)23-4/h5-8,14-15H,9-13H2,1-4H3,(H2,19,20,21). The number of benzene rings is 1. The van der Waals surface area contributed by atoms with Gasteiger partial charge in [0.05, 0.1) is 12.8 Å². The lowest BCUT2D eigenvalue weighted by molar-refractivity contribution is 0.415. The molecule has 0 aliphatic carbocycles. The van der Waals surface area contributed by atoms with Crippen molar-refractivity contribution in [2.45, 2.75) is 32.7 Å². The van der Waals surface area contributed by atoms with Crippen molar-refractivity contribution < 1.29 is 4.74 Å². The van der Waals surface area contributed by atoms with Gasteiger partial charge in [-0.15, -0.1) is 0 Å². The van der Waals surface area contributed by atoms with Gasteiger partial charge in [0.1, 0.15) is 5.75 Å². The maximum Gasteiger partial charge on any atom is 0.191 e. The Morgan fingerprint density at radius 2 is 2.17 bits per heavy atom. The second-order valence-electron chi connectivity index (χ2n) is 6.43. The smallest absolute Gasteiger partial charge is 0.191 e. The first kappa shape index (κ1) is 17.4. The first-order valence-electron chi connectivity index (χ1n) is 8.49. The minimum absolute atomic E-state index is 0.408. The first-order valence-corrected chi connectivity index (χ1v) is 8.49. The third-order valence-corrected chi connectivity index (χ3v) is 4.19. The van der Waals surface area contributed by atoms with E-state index in [0.29, 0.717) is 12.0 Å². The molecule has 2 rings (SSSR count). The van der Waals surface area contributed by atoms with Crippen molar-refractivity contribution in [2.24, 2.45) is 10.9 Å². The Morgan fingerprint density at radius 1 is 1.39 bits per heavy atom. The maximum absolute atomic E-state index is 5.47. The molecule has 5 nitrogen and oxygen atoms in total. The maximum atomic E-state index is 5.47. The summed E-state index contributed by atoms with van der Waals surface area (Å²) in [7, 11) is 3.56. The topological polar surface area (TPSA) is 48.9 Å². The number of aliphatic imine (C=N–C) groups is 1. The molecular weight excluding hydrogens is 288 g/mol. The van der Waals surface area contributed by atoms with E-state index in [4.69, 9.17) is 4.74 Å². The molecule has 2 N–H and O–H groups in total. The van der Waals surface area contributed by atoms with Crippen molar-refractivity contribution in [3.8, 4) is 5.75 Å². The molecule has 0 spiro atoms. The van der Waals surface area contributed by atoms with Gasteiger partial charge < -0.3 is 20.3 Å². The lowest BCUT2D eigenvalue weighted by Gasteiger charge is -2.22. The van der Waals surface area contributed by atoms with Crippen molar-refractivity contribution in [2.75, 3.05) is 38.7 Å². The van der Waals surface area contributed by atoms with E-state index in [0.717, 1.165) is 44.2 Å². The number of para-hydroxylation sites is 2. The van der Waals surface area contributed by atoms with Gasteiger partial charge in [-0.1, -0.05) is 26.0 Å². The monoisotopic (exact) mass is 318 g/mol. The van der Waals surface area contributed by atoms with Gasteiger partial charge in [-0.3, -0.25) is 4.99 Å². The molecule has 0 radical (unpaired) electrons. The van der Waals surface area contributed by atoms with Crippen molar-refractivity contribution in [3.63, 3.8) is 0 Å². The summed E-state index contributed by atoms with van der Waals surface area (Å²) in [6.45, 7) is 7.42. The summed E-state index contributed by atoms with van der Waals surface area (Å²) in [5.74, 6) is 2.54. The zero-order chi connectivity index (χ0) is 16.7. The molecule has 1 aromatic carbocycles. The third-order valence-electron chi connectivity index (χ3n) is 4.19. The average molecular weight is 318 g/mol. The molecule has 1 heterocycles. The first-order chi connectivity index (χ1) is 11.1. The number of nitrogens with one attached hydrogen (secondary N) is 2. The number of nitrogens with zero attached hydrogens (tertiary/aromatic N) is 2. The van der Waals surface area contributed by atoms with Crippen molar-refractivity contribution in [3.05, 3.63) is 24.3 Å². The predicted octanol–water partition coefficient (Wildman–Crippen LogP) is 2.49. The molecule has 1 aromatic rings.